The van der Waals surface area contributed by atoms with Gasteiger partial charge < -0.3 is 14.6 Å². The fraction of sp³-hybridized carbons (Fsp3) is 0.211. The quantitative estimate of drug-likeness (QED) is 0.755. The summed E-state index contributed by atoms with van der Waals surface area (Å²) in [6, 6.07) is 15.2. The van der Waals surface area contributed by atoms with Crippen LogP contribution in [-0.2, 0) is 6.54 Å². The molecular formula is C19H19ClN2O2. The zero-order valence-corrected chi connectivity index (χ0v) is 14.4. The molecule has 1 N–H and O–H groups in total. The van der Waals surface area contributed by atoms with Crippen LogP contribution in [0.3, 0.4) is 0 Å². The zero-order valence-electron chi connectivity index (χ0n) is 13.7. The average molecular weight is 343 g/mol. The van der Waals surface area contributed by atoms with Crippen LogP contribution in [0, 0.1) is 0 Å². The van der Waals surface area contributed by atoms with Gasteiger partial charge in [0, 0.05) is 28.9 Å². The molecule has 3 rings (SSSR count). The Labute approximate surface area is 145 Å². The Morgan fingerprint density at radius 1 is 1.12 bits per heavy atom. The standard InChI is InChI=1S/C19H19ClN2O2/c1-21(2)10-11-22-17(13-6-4-3-5-7-13)16-12-14(20)8-9-15(16)18(22)19(23)24/h3-9,12H,10-11H2,1-2H3,(H,23,24). The van der Waals surface area contributed by atoms with Gasteiger partial charge in [0.25, 0.3) is 0 Å². The predicted molar refractivity (Wildman–Crippen MR) is 97.9 cm³/mol. The first-order valence-electron chi connectivity index (χ1n) is 7.74. The highest BCUT2D eigenvalue weighted by Crippen LogP contribution is 2.35. The highest BCUT2D eigenvalue weighted by Gasteiger charge is 2.22. The van der Waals surface area contributed by atoms with E-state index in [0.29, 0.717) is 22.6 Å². The summed E-state index contributed by atoms with van der Waals surface area (Å²) < 4.78 is 1.89. The molecule has 0 fully saturated rings. The molecule has 0 bridgehead atoms. The van der Waals surface area contributed by atoms with E-state index in [2.05, 4.69) is 0 Å². The van der Waals surface area contributed by atoms with Gasteiger partial charge in [-0.3, -0.25) is 0 Å². The van der Waals surface area contributed by atoms with Crippen molar-refractivity contribution in [3.8, 4) is 11.3 Å². The Bertz CT molecular complexity index is 885. The fourth-order valence-electron chi connectivity index (χ4n) is 2.98. The van der Waals surface area contributed by atoms with E-state index in [0.717, 1.165) is 23.2 Å². The zero-order chi connectivity index (χ0) is 17.3. The first-order valence-corrected chi connectivity index (χ1v) is 8.12. The molecule has 0 aliphatic carbocycles. The normalized spacial score (nSPS) is 11.3. The molecule has 124 valence electrons. The fourth-order valence-corrected chi connectivity index (χ4v) is 3.16. The van der Waals surface area contributed by atoms with E-state index in [4.69, 9.17) is 11.6 Å². The minimum atomic E-state index is -0.928. The number of benzene rings is 2. The lowest BCUT2D eigenvalue weighted by Crippen LogP contribution is -2.21. The van der Waals surface area contributed by atoms with Gasteiger partial charge in [0.15, 0.2) is 0 Å². The molecule has 0 spiro atoms. The maximum atomic E-state index is 11.9. The Morgan fingerprint density at radius 2 is 1.83 bits per heavy atom. The second kappa shape index (κ2) is 6.67. The summed E-state index contributed by atoms with van der Waals surface area (Å²) in [6.07, 6.45) is 0. The minimum Gasteiger partial charge on any atom is -0.477 e. The van der Waals surface area contributed by atoms with E-state index in [1.807, 2.05) is 60.0 Å². The molecule has 24 heavy (non-hydrogen) atoms. The van der Waals surface area contributed by atoms with Crippen LogP contribution in [0.1, 0.15) is 10.5 Å². The summed E-state index contributed by atoms with van der Waals surface area (Å²) in [5.41, 5.74) is 2.19. The molecule has 0 atom stereocenters. The molecule has 5 heteroatoms. The summed E-state index contributed by atoms with van der Waals surface area (Å²) in [5.74, 6) is -0.928. The van der Waals surface area contributed by atoms with Crippen LogP contribution in [0.4, 0.5) is 0 Å². The van der Waals surface area contributed by atoms with E-state index < -0.39 is 5.97 Å². The van der Waals surface area contributed by atoms with Crippen molar-refractivity contribution in [3.05, 3.63) is 59.2 Å². The molecule has 0 saturated heterocycles. The van der Waals surface area contributed by atoms with E-state index in [1.54, 1.807) is 12.1 Å². The van der Waals surface area contributed by atoms with E-state index in [1.165, 1.54) is 0 Å². The molecule has 0 saturated carbocycles. The number of carbonyl (C=O) groups is 1. The smallest absolute Gasteiger partial charge is 0.353 e. The van der Waals surface area contributed by atoms with Crippen LogP contribution in [0.2, 0.25) is 5.02 Å². The van der Waals surface area contributed by atoms with Crippen LogP contribution in [-0.4, -0.2) is 41.2 Å². The van der Waals surface area contributed by atoms with Crippen molar-refractivity contribution in [2.45, 2.75) is 6.54 Å². The Morgan fingerprint density at radius 3 is 2.46 bits per heavy atom. The van der Waals surface area contributed by atoms with Gasteiger partial charge in [0.05, 0.1) is 5.69 Å². The largest absolute Gasteiger partial charge is 0.477 e. The highest BCUT2D eigenvalue weighted by molar-refractivity contribution is 6.31. The van der Waals surface area contributed by atoms with Gasteiger partial charge in [0.1, 0.15) is 5.69 Å². The number of aromatic nitrogens is 1. The molecule has 1 heterocycles. The summed E-state index contributed by atoms with van der Waals surface area (Å²) in [7, 11) is 3.95. The van der Waals surface area contributed by atoms with Crippen LogP contribution < -0.4 is 0 Å². The number of aromatic carboxylic acids is 1. The molecular weight excluding hydrogens is 324 g/mol. The lowest BCUT2D eigenvalue weighted by atomic mass is 10.1. The molecule has 3 aromatic rings. The average Bonchev–Trinajstić information content (AvgIpc) is 2.87. The van der Waals surface area contributed by atoms with E-state index >= 15 is 0 Å². The van der Waals surface area contributed by atoms with Crippen LogP contribution in [0.5, 0.6) is 0 Å². The lowest BCUT2D eigenvalue weighted by Gasteiger charge is -2.15. The maximum Gasteiger partial charge on any atom is 0.353 e. The van der Waals surface area contributed by atoms with Crippen molar-refractivity contribution in [3.63, 3.8) is 0 Å². The van der Waals surface area contributed by atoms with Crippen LogP contribution >= 0.6 is 11.6 Å². The third-order valence-electron chi connectivity index (χ3n) is 4.05. The summed E-state index contributed by atoms with van der Waals surface area (Å²) >= 11 is 6.18. The number of hydrogen-bond donors (Lipinski definition) is 1. The van der Waals surface area contributed by atoms with Crippen molar-refractivity contribution in [2.24, 2.45) is 0 Å². The highest BCUT2D eigenvalue weighted by atomic mass is 35.5. The Kier molecular flexibility index (Phi) is 4.60. The first kappa shape index (κ1) is 16.6. The van der Waals surface area contributed by atoms with Gasteiger partial charge in [-0.25, -0.2) is 4.79 Å². The molecule has 0 unspecified atom stereocenters. The second-order valence-electron chi connectivity index (χ2n) is 6.01. The number of likely N-dealkylation sites (N-methyl/N-ethyl adjacent to an activating group) is 1. The van der Waals surface area contributed by atoms with Gasteiger partial charge in [-0.15, -0.1) is 0 Å². The number of halogens is 1. The SMILES string of the molecule is CN(C)CCn1c(C(=O)O)c2ccc(Cl)cc2c1-c1ccccc1. The number of fused-ring (bicyclic) bond motifs is 1. The monoisotopic (exact) mass is 342 g/mol. The van der Waals surface area contributed by atoms with E-state index in [9.17, 15) is 9.90 Å². The van der Waals surface area contributed by atoms with Gasteiger partial charge in [0.2, 0.25) is 0 Å². The number of hydrogen-bond acceptors (Lipinski definition) is 2. The number of carboxylic acid groups (broad SMARTS) is 1. The van der Waals surface area contributed by atoms with Gasteiger partial charge in [-0.1, -0.05) is 48.0 Å². The van der Waals surface area contributed by atoms with Crippen LogP contribution in [0.15, 0.2) is 48.5 Å². The maximum absolute atomic E-state index is 11.9. The Hall–Kier alpha value is -2.30. The lowest BCUT2D eigenvalue weighted by molar-refractivity contribution is 0.0687. The predicted octanol–water partition coefficient (Wildman–Crippen LogP) is 4.22. The molecule has 1 aromatic heterocycles. The van der Waals surface area contributed by atoms with E-state index in [-0.39, 0.29) is 0 Å². The minimum absolute atomic E-state index is 0.308. The van der Waals surface area contributed by atoms with Crippen molar-refractivity contribution in [1.29, 1.82) is 0 Å². The molecule has 0 radical (unpaired) electrons. The number of carboxylic acids is 1. The van der Waals surface area contributed by atoms with Crippen LogP contribution in [0.25, 0.3) is 22.0 Å². The molecule has 4 nitrogen and oxygen atoms in total. The molecule has 0 amide bonds. The van der Waals surface area contributed by atoms with Crippen molar-refractivity contribution < 1.29 is 9.90 Å². The molecule has 2 aromatic carbocycles. The summed E-state index contributed by atoms with van der Waals surface area (Å²) in [6.45, 7) is 1.33. The van der Waals surface area contributed by atoms with Gasteiger partial charge in [-0.05, 0) is 31.8 Å². The molecule has 0 aliphatic heterocycles. The van der Waals surface area contributed by atoms with Crippen molar-refractivity contribution >= 4 is 28.3 Å². The summed E-state index contributed by atoms with van der Waals surface area (Å²) in [4.78, 5) is 14.0. The topological polar surface area (TPSA) is 45.5 Å². The van der Waals surface area contributed by atoms with Gasteiger partial charge in [-0.2, -0.15) is 0 Å². The number of rotatable bonds is 5. The third-order valence-corrected chi connectivity index (χ3v) is 4.29. The second-order valence-corrected chi connectivity index (χ2v) is 6.45. The summed E-state index contributed by atoms with van der Waals surface area (Å²) in [5, 5.41) is 12.0. The van der Waals surface area contributed by atoms with Crippen molar-refractivity contribution in [2.75, 3.05) is 20.6 Å². The number of nitrogens with zero attached hydrogens (tertiary/aromatic N) is 2. The first-order chi connectivity index (χ1) is 11.5. The Balaban J connectivity index is 2.34. The van der Waals surface area contributed by atoms with Crippen molar-refractivity contribution in [1.82, 2.24) is 9.47 Å². The third kappa shape index (κ3) is 3.03. The molecule has 0 aliphatic rings. The van der Waals surface area contributed by atoms with Gasteiger partial charge >= 0.3 is 5.97 Å².